The van der Waals surface area contributed by atoms with Crippen LogP contribution >= 0.6 is 47.8 Å². The minimum atomic E-state index is -0.463. The summed E-state index contributed by atoms with van der Waals surface area (Å²) in [5.41, 5.74) is 7.23. The Morgan fingerprint density at radius 2 is 1.73 bits per heavy atom. The van der Waals surface area contributed by atoms with Gasteiger partial charge in [-0.3, -0.25) is 9.69 Å². The smallest absolute Gasteiger partial charge is 0.239 e. The standard InChI is InChI=1S/C18H22ClN3OS.2ClH/c19-17-7-6-15(24-17)13-21-8-10-22(11-9-21)18(23)16(20)12-14-4-2-1-3-5-14;;/h1-7,16H,8-13,20H2;2*1H/t16-;;/m0../s1. The van der Waals surface area contributed by atoms with Gasteiger partial charge in [-0.25, -0.2) is 0 Å². The van der Waals surface area contributed by atoms with Gasteiger partial charge in [0.1, 0.15) is 0 Å². The summed E-state index contributed by atoms with van der Waals surface area (Å²) >= 11 is 7.60. The Labute approximate surface area is 176 Å². The number of hydrogen-bond acceptors (Lipinski definition) is 4. The zero-order valence-corrected chi connectivity index (χ0v) is 17.5. The van der Waals surface area contributed by atoms with E-state index < -0.39 is 6.04 Å². The van der Waals surface area contributed by atoms with E-state index in [1.165, 1.54) is 4.88 Å². The van der Waals surface area contributed by atoms with Gasteiger partial charge in [0.15, 0.2) is 0 Å². The molecule has 2 aromatic rings. The molecular weight excluding hydrogens is 413 g/mol. The molecule has 1 fully saturated rings. The number of halogens is 3. The Balaban J connectivity index is 0.00000169. The predicted molar refractivity (Wildman–Crippen MR) is 114 cm³/mol. The molecule has 1 amide bonds. The number of rotatable bonds is 5. The van der Waals surface area contributed by atoms with Crippen molar-refractivity contribution in [3.8, 4) is 0 Å². The lowest BCUT2D eigenvalue weighted by atomic mass is 10.1. The zero-order chi connectivity index (χ0) is 16.9. The van der Waals surface area contributed by atoms with Crippen molar-refractivity contribution >= 4 is 53.7 Å². The number of hydrogen-bond donors (Lipinski definition) is 1. The monoisotopic (exact) mass is 435 g/mol. The maximum Gasteiger partial charge on any atom is 0.239 e. The number of nitrogens with two attached hydrogens (primary N) is 1. The lowest BCUT2D eigenvalue weighted by Gasteiger charge is -2.35. The largest absolute Gasteiger partial charge is 0.339 e. The molecule has 0 spiro atoms. The van der Waals surface area contributed by atoms with Crippen LogP contribution in [0.25, 0.3) is 0 Å². The highest BCUT2D eigenvalue weighted by molar-refractivity contribution is 7.16. The van der Waals surface area contributed by atoms with E-state index >= 15 is 0 Å². The van der Waals surface area contributed by atoms with Gasteiger partial charge in [-0.15, -0.1) is 36.2 Å². The molecule has 1 aliphatic rings. The summed E-state index contributed by atoms with van der Waals surface area (Å²) < 4.78 is 0.825. The van der Waals surface area contributed by atoms with Gasteiger partial charge in [0, 0.05) is 37.6 Å². The molecule has 0 aliphatic carbocycles. The second kappa shape index (κ2) is 11.1. The van der Waals surface area contributed by atoms with Crippen LogP contribution in [0.2, 0.25) is 4.34 Å². The summed E-state index contributed by atoms with van der Waals surface area (Å²) in [4.78, 5) is 18.1. The van der Waals surface area contributed by atoms with Gasteiger partial charge in [0.05, 0.1) is 10.4 Å². The first-order valence-electron chi connectivity index (χ1n) is 8.16. The normalized spacial score (nSPS) is 15.7. The molecule has 1 aromatic carbocycles. The molecule has 4 nitrogen and oxygen atoms in total. The van der Waals surface area contributed by atoms with E-state index in [2.05, 4.69) is 11.0 Å². The number of nitrogens with zero attached hydrogens (tertiary/aromatic N) is 2. The van der Waals surface area contributed by atoms with Gasteiger partial charge in [-0.2, -0.15) is 0 Å². The fraction of sp³-hybridized carbons (Fsp3) is 0.389. The maximum absolute atomic E-state index is 12.5. The van der Waals surface area contributed by atoms with Crippen LogP contribution in [0.1, 0.15) is 10.4 Å². The molecule has 0 bridgehead atoms. The molecule has 144 valence electrons. The van der Waals surface area contributed by atoms with Crippen LogP contribution in [0.15, 0.2) is 42.5 Å². The number of carbonyl (C=O) groups excluding carboxylic acids is 1. The molecule has 26 heavy (non-hydrogen) atoms. The van der Waals surface area contributed by atoms with Crippen molar-refractivity contribution in [2.75, 3.05) is 26.2 Å². The summed E-state index contributed by atoms with van der Waals surface area (Å²) in [5, 5.41) is 0. The minimum Gasteiger partial charge on any atom is -0.339 e. The maximum atomic E-state index is 12.5. The van der Waals surface area contributed by atoms with E-state index in [1.54, 1.807) is 11.3 Å². The molecule has 1 saturated heterocycles. The Morgan fingerprint density at radius 1 is 1.08 bits per heavy atom. The van der Waals surface area contributed by atoms with Crippen molar-refractivity contribution in [1.29, 1.82) is 0 Å². The first-order chi connectivity index (χ1) is 11.6. The first-order valence-corrected chi connectivity index (χ1v) is 9.36. The number of benzene rings is 1. The molecule has 0 radical (unpaired) electrons. The number of thiophene rings is 1. The van der Waals surface area contributed by atoms with Crippen LogP contribution in [-0.4, -0.2) is 47.9 Å². The van der Waals surface area contributed by atoms with Crippen LogP contribution < -0.4 is 5.73 Å². The van der Waals surface area contributed by atoms with E-state index in [4.69, 9.17) is 17.3 Å². The topological polar surface area (TPSA) is 49.6 Å². The minimum absolute atomic E-state index is 0. The molecule has 1 aromatic heterocycles. The van der Waals surface area contributed by atoms with Gasteiger partial charge in [-0.1, -0.05) is 41.9 Å². The van der Waals surface area contributed by atoms with Crippen molar-refractivity contribution < 1.29 is 4.79 Å². The quantitative estimate of drug-likeness (QED) is 0.781. The third-order valence-electron chi connectivity index (χ3n) is 4.31. The van der Waals surface area contributed by atoms with Gasteiger partial charge in [0.25, 0.3) is 0 Å². The van der Waals surface area contributed by atoms with Crippen molar-refractivity contribution in [2.45, 2.75) is 19.0 Å². The van der Waals surface area contributed by atoms with Gasteiger partial charge >= 0.3 is 0 Å². The summed E-state index contributed by atoms with van der Waals surface area (Å²) in [6, 6.07) is 13.5. The van der Waals surface area contributed by atoms with E-state index in [-0.39, 0.29) is 30.7 Å². The summed E-state index contributed by atoms with van der Waals surface area (Å²) in [7, 11) is 0. The second-order valence-electron chi connectivity index (χ2n) is 6.10. The van der Waals surface area contributed by atoms with Crippen LogP contribution in [0.3, 0.4) is 0 Å². The summed E-state index contributed by atoms with van der Waals surface area (Å²) in [5.74, 6) is 0.0534. The van der Waals surface area contributed by atoms with E-state index in [9.17, 15) is 4.79 Å². The Morgan fingerprint density at radius 3 is 2.31 bits per heavy atom. The van der Waals surface area contributed by atoms with E-state index in [1.807, 2.05) is 41.3 Å². The Hall–Kier alpha value is -0.820. The molecule has 1 aliphatic heterocycles. The van der Waals surface area contributed by atoms with Crippen molar-refractivity contribution in [3.05, 3.63) is 57.2 Å². The van der Waals surface area contributed by atoms with E-state index in [0.29, 0.717) is 6.42 Å². The third-order valence-corrected chi connectivity index (χ3v) is 5.52. The lowest BCUT2D eigenvalue weighted by Crippen LogP contribution is -2.53. The number of piperazine rings is 1. The highest BCUT2D eigenvalue weighted by Gasteiger charge is 2.25. The third kappa shape index (κ3) is 6.41. The highest BCUT2D eigenvalue weighted by atomic mass is 35.5. The van der Waals surface area contributed by atoms with Crippen LogP contribution in [0.5, 0.6) is 0 Å². The number of carbonyl (C=O) groups is 1. The molecule has 0 saturated carbocycles. The Kier molecular flexibility index (Phi) is 9.93. The molecule has 3 rings (SSSR count). The molecule has 2 N–H and O–H groups in total. The van der Waals surface area contributed by atoms with E-state index in [0.717, 1.165) is 42.6 Å². The average molecular weight is 437 g/mol. The highest BCUT2D eigenvalue weighted by Crippen LogP contribution is 2.23. The summed E-state index contributed by atoms with van der Waals surface area (Å²) in [6.45, 7) is 4.12. The predicted octanol–water partition coefficient (Wildman–Crippen LogP) is 3.46. The molecule has 1 atom stereocenters. The fourth-order valence-electron chi connectivity index (χ4n) is 2.97. The van der Waals surface area contributed by atoms with Crippen molar-refractivity contribution in [1.82, 2.24) is 9.80 Å². The van der Waals surface area contributed by atoms with Crippen molar-refractivity contribution in [3.63, 3.8) is 0 Å². The van der Waals surface area contributed by atoms with Gasteiger partial charge < -0.3 is 10.6 Å². The lowest BCUT2D eigenvalue weighted by molar-refractivity contribution is -0.134. The summed E-state index contributed by atoms with van der Waals surface area (Å²) in [6.07, 6.45) is 0.591. The molecule has 0 unspecified atom stereocenters. The fourth-order valence-corrected chi connectivity index (χ4v) is 4.10. The SMILES string of the molecule is Cl.Cl.N[C@@H](Cc1ccccc1)C(=O)N1CCN(Cc2ccc(Cl)s2)CC1. The van der Waals surface area contributed by atoms with Crippen LogP contribution in [-0.2, 0) is 17.8 Å². The molecule has 2 heterocycles. The Bertz CT molecular complexity index is 675. The molecule has 8 heteroatoms. The number of amides is 1. The van der Waals surface area contributed by atoms with Gasteiger partial charge in [0.2, 0.25) is 5.91 Å². The second-order valence-corrected chi connectivity index (χ2v) is 7.90. The zero-order valence-electron chi connectivity index (χ0n) is 14.3. The first kappa shape index (κ1) is 23.2. The average Bonchev–Trinajstić information content (AvgIpc) is 3.00. The van der Waals surface area contributed by atoms with Crippen molar-refractivity contribution in [2.24, 2.45) is 5.73 Å². The van der Waals surface area contributed by atoms with Crippen LogP contribution in [0.4, 0.5) is 0 Å². The van der Waals surface area contributed by atoms with Gasteiger partial charge in [-0.05, 0) is 24.1 Å². The molecular formula is C18H24Cl3N3OS. The van der Waals surface area contributed by atoms with Crippen LogP contribution in [0, 0.1) is 0 Å².